The first-order chi connectivity index (χ1) is 10.1. The third-order valence-corrected chi connectivity index (χ3v) is 1.96. The van der Waals surface area contributed by atoms with Gasteiger partial charge in [-0.25, -0.2) is 14.6 Å². The standard InChI is InChI=1S/C9H2F9NO4/c10-7(11,12)3(22-6(21)9(16,17)18)1-2-4(20)23-5(19-2)8(13,14)15/h1,3H/b2-1-/t3-/m0/s1. The fourth-order valence-corrected chi connectivity index (χ4v) is 1.07. The van der Waals surface area contributed by atoms with Crippen molar-refractivity contribution in [3.05, 3.63) is 11.8 Å². The van der Waals surface area contributed by atoms with Gasteiger partial charge in [0, 0.05) is 0 Å². The number of carbonyl (C=O) groups is 2. The fourth-order valence-electron chi connectivity index (χ4n) is 1.07. The molecule has 0 aromatic rings. The van der Waals surface area contributed by atoms with Gasteiger partial charge in [0.1, 0.15) is 0 Å². The number of nitrogens with zero attached hydrogens (tertiary/aromatic N) is 1. The van der Waals surface area contributed by atoms with Gasteiger partial charge in [-0.15, -0.1) is 0 Å². The number of cyclic esters (lactones) is 1. The van der Waals surface area contributed by atoms with E-state index in [1.54, 1.807) is 0 Å². The van der Waals surface area contributed by atoms with Crippen molar-refractivity contribution < 1.29 is 58.6 Å². The van der Waals surface area contributed by atoms with Crippen LogP contribution in [0.5, 0.6) is 0 Å². The van der Waals surface area contributed by atoms with E-state index in [-0.39, 0.29) is 0 Å². The van der Waals surface area contributed by atoms with Crippen molar-refractivity contribution in [1.82, 2.24) is 0 Å². The number of rotatable bonds is 2. The molecule has 1 aliphatic rings. The van der Waals surface area contributed by atoms with E-state index in [1.807, 2.05) is 0 Å². The number of esters is 2. The third-order valence-electron chi connectivity index (χ3n) is 1.96. The van der Waals surface area contributed by atoms with Crippen LogP contribution in [0, 0.1) is 0 Å². The first-order valence-electron chi connectivity index (χ1n) is 5.07. The second-order valence-electron chi connectivity index (χ2n) is 3.72. The molecule has 130 valence electrons. The zero-order valence-corrected chi connectivity index (χ0v) is 10.1. The lowest BCUT2D eigenvalue weighted by atomic mass is 10.2. The van der Waals surface area contributed by atoms with Crippen LogP contribution in [0.15, 0.2) is 16.8 Å². The Balaban J connectivity index is 3.14. The third kappa shape index (κ3) is 4.85. The summed E-state index contributed by atoms with van der Waals surface area (Å²) < 4.78 is 116. The number of ether oxygens (including phenoxy) is 2. The molecule has 0 bridgehead atoms. The maximum Gasteiger partial charge on any atom is 0.490 e. The maximum atomic E-state index is 12.5. The number of hydrogen-bond acceptors (Lipinski definition) is 5. The monoisotopic (exact) mass is 359 g/mol. The van der Waals surface area contributed by atoms with Crippen LogP contribution in [0.1, 0.15) is 0 Å². The van der Waals surface area contributed by atoms with Gasteiger partial charge in [-0.3, -0.25) is 0 Å². The average Bonchev–Trinajstić information content (AvgIpc) is 2.67. The molecular weight excluding hydrogens is 357 g/mol. The smallest absolute Gasteiger partial charge is 0.442 e. The Morgan fingerprint density at radius 3 is 1.96 bits per heavy atom. The first-order valence-corrected chi connectivity index (χ1v) is 5.07. The molecule has 0 radical (unpaired) electrons. The number of carbonyl (C=O) groups excluding carboxylic acids is 2. The molecule has 0 unspecified atom stereocenters. The van der Waals surface area contributed by atoms with Crippen LogP contribution in [-0.4, -0.2) is 42.5 Å². The molecule has 5 nitrogen and oxygen atoms in total. The van der Waals surface area contributed by atoms with Crippen molar-refractivity contribution >= 4 is 17.8 Å². The zero-order chi connectivity index (χ0) is 18.2. The molecule has 1 rings (SSSR count). The van der Waals surface area contributed by atoms with Crippen molar-refractivity contribution in [3.8, 4) is 0 Å². The van der Waals surface area contributed by atoms with E-state index < -0.39 is 54.2 Å². The number of aliphatic imine (C=N–C) groups is 1. The summed E-state index contributed by atoms with van der Waals surface area (Å²) in [5.74, 6) is -7.48. The predicted molar refractivity (Wildman–Crippen MR) is 49.7 cm³/mol. The van der Waals surface area contributed by atoms with Crippen LogP contribution in [0.4, 0.5) is 39.5 Å². The molecule has 14 heteroatoms. The van der Waals surface area contributed by atoms with Crippen molar-refractivity contribution in [2.75, 3.05) is 0 Å². The van der Waals surface area contributed by atoms with Crippen LogP contribution in [0.3, 0.4) is 0 Å². The summed E-state index contributed by atoms with van der Waals surface area (Å²) in [4.78, 5) is 23.7. The van der Waals surface area contributed by atoms with E-state index in [2.05, 4.69) is 14.5 Å². The van der Waals surface area contributed by atoms with Crippen molar-refractivity contribution in [2.45, 2.75) is 24.6 Å². The Hall–Kier alpha value is -2.28. The SMILES string of the molecule is O=C1OC(C(F)(F)F)=N/C1=C\[C@H](OC(=O)C(F)(F)F)C(F)(F)F. The largest absolute Gasteiger partial charge is 0.490 e. The summed E-state index contributed by atoms with van der Waals surface area (Å²) in [6, 6.07) is 0. The van der Waals surface area contributed by atoms with Crippen molar-refractivity contribution in [2.24, 2.45) is 4.99 Å². The molecule has 0 aromatic carbocycles. The first kappa shape index (κ1) is 18.8. The van der Waals surface area contributed by atoms with Gasteiger partial charge < -0.3 is 9.47 Å². The summed E-state index contributed by atoms with van der Waals surface area (Å²) in [6.45, 7) is 0. The Morgan fingerprint density at radius 1 is 1.09 bits per heavy atom. The second-order valence-corrected chi connectivity index (χ2v) is 3.72. The minimum atomic E-state index is -5.79. The minimum absolute atomic E-state index is 0.537. The molecule has 1 atom stereocenters. The highest BCUT2D eigenvalue weighted by Gasteiger charge is 2.50. The van der Waals surface area contributed by atoms with Crippen LogP contribution in [-0.2, 0) is 19.1 Å². The van der Waals surface area contributed by atoms with E-state index in [9.17, 15) is 49.1 Å². The Labute approximate surface area is 119 Å². The summed E-state index contributed by atoms with van der Waals surface area (Å²) in [6.07, 6.45) is -21.0. The Morgan fingerprint density at radius 2 is 1.61 bits per heavy atom. The summed E-state index contributed by atoms with van der Waals surface area (Å²) in [5, 5.41) is 0. The molecule has 0 fully saturated rings. The summed E-state index contributed by atoms with van der Waals surface area (Å²) in [5.41, 5.74) is -1.62. The lowest BCUT2D eigenvalue weighted by molar-refractivity contribution is -0.235. The lowest BCUT2D eigenvalue weighted by Crippen LogP contribution is -2.37. The summed E-state index contributed by atoms with van der Waals surface area (Å²) in [7, 11) is 0. The van der Waals surface area contributed by atoms with E-state index >= 15 is 0 Å². The highest BCUT2D eigenvalue weighted by atomic mass is 19.4. The van der Waals surface area contributed by atoms with Gasteiger partial charge in [0.25, 0.3) is 0 Å². The van der Waals surface area contributed by atoms with Crippen molar-refractivity contribution in [3.63, 3.8) is 0 Å². The van der Waals surface area contributed by atoms with Crippen molar-refractivity contribution in [1.29, 1.82) is 0 Å². The van der Waals surface area contributed by atoms with E-state index in [0.717, 1.165) is 0 Å². The molecular formula is C9H2F9NO4. The van der Waals surface area contributed by atoms with Gasteiger partial charge in [-0.05, 0) is 6.08 Å². The van der Waals surface area contributed by atoms with Crippen LogP contribution >= 0.6 is 0 Å². The fraction of sp³-hybridized carbons (Fsp3) is 0.444. The number of hydrogen-bond donors (Lipinski definition) is 0. The maximum absolute atomic E-state index is 12.5. The van der Waals surface area contributed by atoms with E-state index in [4.69, 9.17) is 0 Å². The zero-order valence-electron chi connectivity index (χ0n) is 10.1. The Kier molecular flexibility index (Phi) is 4.68. The van der Waals surface area contributed by atoms with Gasteiger partial charge in [0.05, 0.1) is 0 Å². The van der Waals surface area contributed by atoms with Gasteiger partial charge >= 0.3 is 36.4 Å². The average molecular weight is 359 g/mol. The predicted octanol–water partition coefficient (Wildman–Crippen LogP) is 2.42. The number of alkyl halides is 9. The molecule has 23 heavy (non-hydrogen) atoms. The van der Waals surface area contributed by atoms with Gasteiger partial charge in [0.2, 0.25) is 6.10 Å². The molecule has 0 saturated heterocycles. The van der Waals surface area contributed by atoms with Gasteiger partial charge in [0.15, 0.2) is 5.70 Å². The molecule has 0 saturated carbocycles. The molecule has 0 aliphatic carbocycles. The normalized spacial score (nSPS) is 19.4. The highest BCUT2D eigenvalue weighted by molar-refractivity contribution is 6.06. The minimum Gasteiger partial charge on any atom is -0.442 e. The van der Waals surface area contributed by atoms with Crippen LogP contribution < -0.4 is 0 Å². The van der Waals surface area contributed by atoms with Crippen LogP contribution in [0.2, 0.25) is 0 Å². The highest BCUT2D eigenvalue weighted by Crippen LogP contribution is 2.30. The second kappa shape index (κ2) is 5.73. The molecule has 0 aromatic heterocycles. The molecule has 0 N–H and O–H groups in total. The number of halogens is 9. The lowest BCUT2D eigenvalue weighted by Gasteiger charge is -2.18. The molecule has 0 amide bonds. The quantitative estimate of drug-likeness (QED) is 0.432. The van der Waals surface area contributed by atoms with Gasteiger partial charge in [-0.2, -0.15) is 39.5 Å². The topological polar surface area (TPSA) is 65.0 Å². The molecule has 1 heterocycles. The Bertz CT molecular complexity index is 569. The van der Waals surface area contributed by atoms with Crippen LogP contribution in [0.25, 0.3) is 0 Å². The van der Waals surface area contributed by atoms with E-state index in [1.165, 1.54) is 0 Å². The molecule has 0 spiro atoms. The van der Waals surface area contributed by atoms with E-state index in [0.29, 0.717) is 0 Å². The molecule has 1 aliphatic heterocycles. The summed E-state index contributed by atoms with van der Waals surface area (Å²) >= 11 is 0. The van der Waals surface area contributed by atoms with Gasteiger partial charge in [-0.1, -0.05) is 0 Å².